The third-order valence-corrected chi connectivity index (χ3v) is 2.81. The SMILES string of the molecule is Cc1cc(Cl)cc(C(C)C(C)C)c1. The van der Waals surface area contributed by atoms with E-state index in [1.807, 2.05) is 6.07 Å². The molecule has 0 radical (unpaired) electrons. The van der Waals surface area contributed by atoms with E-state index < -0.39 is 0 Å². The van der Waals surface area contributed by atoms with Gasteiger partial charge in [-0.05, 0) is 42.0 Å². The second-order valence-corrected chi connectivity index (χ2v) is 4.53. The van der Waals surface area contributed by atoms with Gasteiger partial charge in [0.2, 0.25) is 0 Å². The van der Waals surface area contributed by atoms with Crippen molar-refractivity contribution in [3.63, 3.8) is 0 Å². The molecule has 0 aliphatic rings. The summed E-state index contributed by atoms with van der Waals surface area (Å²) in [5.74, 6) is 1.25. The molecule has 0 bridgehead atoms. The highest BCUT2D eigenvalue weighted by atomic mass is 35.5. The molecule has 13 heavy (non-hydrogen) atoms. The van der Waals surface area contributed by atoms with Crippen molar-refractivity contribution in [1.82, 2.24) is 0 Å². The van der Waals surface area contributed by atoms with E-state index >= 15 is 0 Å². The van der Waals surface area contributed by atoms with Gasteiger partial charge in [-0.3, -0.25) is 0 Å². The van der Waals surface area contributed by atoms with Gasteiger partial charge >= 0.3 is 0 Å². The molecule has 0 aliphatic carbocycles. The van der Waals surface area contributed by atoms with Crippen LogP contribution in [0.4, 0.5) is 0 Å². The molecular formula is C12H17Cl. The van der Waals surface area contributed by atoms with Crippen LogP contribution in [0.1, 0.15) is 37.8 Å². The quantitative estimate of drug-likeness (QED) is 0.658. The molecular weight excluding hydrogens is 180 g/mol. The van der Waals surface area contributed by atoms with Gasteiger partial charge in [0.05, 0.1) is 0 Å². The summed E-state index contributed by atoms with van der Waals surface area (Å²) in [6.07, 6.45) is 0. The predicted molar refractivity (Wildman–Crippen MR) is 59.4 cm³/mol. The van der Waals surface area contributed by atoms with E-state index in [4.69, 9.17) is 11.6 Å². The molecule has 0 aliphatic heterocycles. The molecule has 0 amide bonds. The zero-order chi connectivity index (χ0) is 10.0. The molecule has 1 aromatic rings. The van der Waals surface area contributed by atoms with Gasteiger partial charge in [0, 0.05) is 5.02 Å². The van der Waals surface area contributed by atoms with Crippen molar-refractivity contribution in [2.75, 3.05) is 0 Å². The maximum Gasteiger partial charge on any atom is 0.0411 e. The molecule has 0 nitrogen and oxygen atoms in total. The Morgan fingerprint density at radius 3 is 2.15 bits per heavy atom. The monoisotopic (exact) mass is 196 g/mol. The number of benzene rings is 1. The van der Waals surface area contributed by atoms with Gasteiger partial charge in [-0.15, -0.1) is 0 Å². The fourth-order valence-electron chi connectivity index (χ4n) is 1.41. The van der Waals surface area contributed by atoms with Crippen LogP contribution in [0.2, 0.25) is 5.02 Å². The summed E-state index contributed by atoms with van der Waals surface area (Å²) in [5, 5.41) is 0.850. The largest absolute Gasteiger partial charge is 0.0843 e. The topological polar surface area (TPSA) is 0 Å². The van der Waals surface area contributed by atoms with Crippen LogP contribution in [0.5, 0.6) is 0 Å². The van der Waals surface area contributed by atoms with Crippen LogP contribution in [0.25, 0.3) is 0 Å². The molecule has 0 saturated heterocycles. The molecule has 0 heterocycles. The second-order valence-electron chi connectivity index (χ2n) is 4.09. The van der Waals surface area contributed by atoms with Crippen LogP contribution in [0.3, 0.4) is 0 Å². The van der Waals surface area contributed by atoms with E-state index in [0.29, 0.717) is 11.8 Å². The maximum atomic E-state index is 6.00. The third-order valence-electron chi connectivity index (χ3n) is 2.59. The number of rotatable bonds is 2. The van der Waals surface area contributed by atoms with Crippen molar-refractivity contribution in [1.29, 1.82) is 0 Å². The predicted octanol–water partition coefficient (Wildman–Crippen LogP) is 4.41. The van der Waals surface area contributed by atoms with Gasteiger partial charge in [0.15, 0.2) is 0 Å². The lowest BCUT2D eigenvalue weighted by molar-refractivity contribution is 0.535. The van der Waals surface area contributed by atoms with Crippen molar-refractivity contribution >= 4 is 11.6 Å². The summed E-state index contributed by atoms with van der Waals surface area (Å²) in [4.78, 5) is 0. The fourth-order valence-corrected chi connectivity index (χ4v) is 1.71. The van der Waals surface area contributed by atoms with Gasteiger partial charge in [-0.25, -0.2) is 0 Å². The van der Waals surface area contributed by atoms with Gasteiger partial charge in [0.1, 0.15) is 0 Å². The smallest absolute Gasteiger partial charge is 0.0411 e. The van der Waals surface area contributed by atoms with Crippen molar-refractivity contribution in [3.05, 3.63) is 34.3 Å². The highest BCUT2D eigenvalue weighted by Crippen LogP contribution is 2.26. The van der Waals surface area contributed by atoms with Crippen LogP contribution in [-0.4, -0.2) is 0 Å². The number of hydrogen-bond donors (Lipinski definition) is 0. The minimum absolute atomic E-state index is 0.581. The summed E-state index contributed by atoms with van der Waals surface area (Å²) < 4.78 is 0. The molecule has 0 spiro atoms. The standard InChI is InChI=1S/C12H17Cl/c1-8(2)10(4)11-5-9(3)6-12(13)7-11/h5-8,10H,1-4H3. The van der Waals surface area contributed by atoms with Gasteiger partial charge in [0.25, 0.3) is 0 Å². The van der Waals surface area contributed by atoms with Crippen molar-refractivity contribution in [2.24, 2.45) is 5.92 Å². The molecule has 0 fully saturated rings. The number of hydrogen-bond acceptors (Lipinski definition) is 0. The van der Waals surface area contributed by atoms with Crippen LogP contribution >= 0.6 is 11.6 Å². The third kappa shape index (κ3) is 2.73. The molecule has 72 valence electrons. The van der Waals surface area contributed by atoms with Crippen molar-refractivity contribution in [3.8, 4) is 0 Å². The molecule has 1 atom stereocenters. The van der Waals surface area contributed by atoms with E-state index in [2.05, 4.69) is 39.8 Å². The first-order chi connectivity index (χ1) is 6.00. The lowest BCUT2D eigenvalue weighted by Crippen LogP contribution is -2.02. The second kappa shape index (κ2) is 4.15. The Kier molecular flexibility index (Phi) is 3.38. The number of halogens is 1. The Bertz CT molecular complexity index is 269. The summed E-state index contributed by atoms with van der Waals surface area (Å²) >= 11 is 6.00. The molecule has 1 unspecified atom stereocenters. The Balaban J connectivity index is 3.01. The molecule has 0 N–H and O–H groups in total. The van der Waals surface area contributed by atoms with Gasteiger partial charge in [-0.2, -0.15) is 0 Å². The summed E-state index contributed by atoms with van der Waals surface area (Å²) in [6.45, 7) is 8.81. The summed E-state index contributed by atoms with van der Waals surface area (Å²) in [5.41, 5.74) is 2.59. The summed E-state index contributed by atoms with van der Waals surface area (Å²) in [7, 11) is 0. The fraction of sp³-hybridized carbons (Fsp3) is 0.500. The minimum Gasteiger partial charge on any atom is -0.0843 e. The highest BCUT2D eigenvalue weighted by molar-refractivity contribution is 6.30. The van der Waals surface area contributed by atoms with E-state index in [9.17, 15) is 0 Å². The zero-order valence-electron chi connectivity index (χ0n) is 8.76. The average Bonchev–Trinajstić information content (AvgIpc) is 2.01. The van der Waals surface area contributed by atoms with Crippen LogP contribution in [-0.2, 0) is 0 Å². The Labute approximate surface area is 85.9 Å². The molecule has 1 heteroatoms. The first kappa shape index (κ1) is 10.6. The minimum atomic E-state index is 0.581. The van der Waals surface area contributed by atoms with Gasteiger partial charge in [-0.1, -0.05) is 38.4 Å². The van der Waals surface area contributed by atoms with Crippen LogP contribution in [0.15, 0.2) is 18.2 Å². The molecule has 0 saturated carbocycles. The van der Waals surface area contributed by atoms with E-state index in [1.165, 1.54) is 11.1 Å². The number of aryl methyl sites for hydroxylation is 1. The van der Waals surface area contributed by atoms with Gasteiger partial charge < -0.3 is 0 Å². The van der Waals surface area contributed by atoms with Crippen LogP contribution in [0, 0.1) is 12.8 Å². The maximum absolute atomic E-state index is 6.00. The lowest BCUT2D eigenvalue weighted by atomic mass is 9.90. The Morgan fingerprint density at radius 2 is 1.69 bits per heavy atom. The van der Waals surface area contributed by atoms with Crippen molar-refractivity contribution < 1.29 is 0 Å². The van der Waals surface area contributed by atoms with E-state index in [-0.39, 0.29) is 0 Å². The van der Waals surface area contributed by atoms with E-state index in [1.54, 1.807) is 0 Å². The Hall–Kier alpha value is -0.490. The summed E-state index contributed by atoms with van der Waals surface area (Å²) in [6, 6.07) is 6.29. The lowest BCUT2D eigenvalue weighted by Gasteiger charge is -2.16. The zero-order valence-corrected chi connectivity index (χ0v) is 9.52. The van der Waals surface area contributed by atoms with E-state index in [0.717, 1.165) is 5.02 Å². The van der Waals surface area contributed by atoms with Crippen molar-refractivity contribution in [2.45, 2.75) is 33.6 Å². The van der Waals surface area contributed by atoms with Crippen LogP contribution < -0.4 is 0 Å². The Morgan fingerprint density at radius 1 is 1.08 bits per heavy atom. The molecule has 1 rings (SSSR count). The first-order valence-electron chi connectivity index (χ1n) is 4.78. The normalized spacial score (nSPS) is 13.4. The molecule has 1 aromatic carbocycles. The average molecular weight is 197 g/mol. The first-order valence-corrected chi connectivity index (χ1v) is 5.15. The molecule has 0 aromatic heterocycles. The highest BCUT2D eigenvalue weighted by Gasteiger charge is 2.10.